The van der Waals surface area contributed by atoms with E-state index in [9.17, 15) is 0 Å². The highest BCUT2D eigenvalue weighted by Gasteiger charge is 2.23. The Morgan fingerprint density at radius 1 is 0.969 bits per heavy atom. The highest BCUT2D eigenvalue weighted by atomic mass is 35.5. The molecule has 0 spiro atoms. The van der Waals surface area contributed by atoms with E-state index in [-0.39, 0.29) is 6.04 Å². The summed E-state index contributed by atoms with van der Waals surface area (Å²) in [6.07, 6.45) is 5.59. The second-order valence-corrected chi connectivity index (χ2v) is 7.85. The number of halogens is 1. The number of anilines is 4. The minimum Gasteiger partial charge on any atom is -0.382 e. The van der Waals surface area contributed by atoms with E-state index in [0.29, 0.717) is 28.8 Å². The van der Waals surface area contributed by atoms with Crippen molar-refractivity contribution in [1.29, 1.82) is 0 Å². The summed E-state index contributed by atoms with van der Waals surface area (Å²) in [6.45, 7) is 0. The zero-order valence-corrected chi connectivity index (χ0v) is 17.8. The molecule has 7 nitrogen and oxygen atoms in total. The molecule has 0 amide bonds. The summed E-state index contributed by atoms with van der Waals surface area (Å²) in [6, 6.07) is 19.7. The van der Waals surface area contributed by atoms with Crippen LogP contribution in [0.25, 0.3) is 0 Å². The summed E-state index contributed by atoms with van der Waals surface area (Å²) in [7, 11) is 0. The Labute approximate surface area is 190 Å². The van der Waals surface area contributed by atoms with Crippen LogP contribution in [0.15, 0.2) is 84.4 Å². The molecule has 4 aromatic rings. The lowest BCUT2D eigenvalue weighted by Crippen LogP contribution is -2.15. The molecule has 5 rings (SSSR count). The lowest BCUT2D eigenvalue weighted by Gasteiger charge is -2.19. The summed E-state index contributed by atoms with van der Waals surface area (Å²) in [4.78, 5) is 17.5. The molecule has 1 unspecified atom stereocenters. The van der Waals surface area contributed by atoms with Crippen LogP contribution in [0, 0.1) is 0 Å². The number of aromatic nitrogens is 3. The first-order valence-corrected chi connectivity index (χ1v) is 10.5. The number of pyridine rings is 1. The van der Waals surface area contributed by atoms with Crippen molar-refractivity contribution >= 4 is 46.0 Å². The number of hydrogen-bond donors (Lipinski definition) is 3. The van der Waals surface area contributed by atoms with Crippen molar-refractivity contribution in [3.05, 3.63) is 95.5 Å². The number of hydrogen-bond acceptors (Lipinski definition) is 7. The van der Waals surface area contributed by atoms with Crippen LogP contribution in [-0.2, 0) is 0 Å². The molecule has 0 aliphatic carbocycles. The zero-order valence-electron chi connectivity index (χ0n) is 17.0. The zero-order chi connectivity index (χ0) is 21.9. The summed E-state index contributed by atoms with van der Waals surface area (Å²) in [5, 5.41) is 7.58. The van der Waals surface area contributed by atoms with Crippen LogP contribution in [0.3, 0.4) is 0 Å². The van der Waals surface area contributed by atoms with Gasteiger partial charge in [0, 0.05) is 35.2 Å². The van der Waals surface area contributed by atoms with Crippen molar-refractivity contribution in [1.82, 2.24) is 15.0 Å². The molecule has 0 radical (unpaired) electrons. The van der Waals surface area contributed by atoms with Gasteiger partial charge in [0.05, 0.1) is 11.8 Å². The Morgan fingerprint density at radius 3 is 2.59 bits per heavy atom. The van der Waals surface area contributed by atoms with E-state index in [2.05, 4.69) is 31.7 Å². The number of benzene rings is 2. The summed E-state index contributed by atoms with van der Waals surface area (Å²) in [5.41, 5.74) is 11.6. The maximum atomic E-state index is 6.15. The molecule has 1 aliphatic rings. The molecule has 1 aliphatic heterocycles. The van der Waals surface area contributed by atoms with Gasteiger partial charge in [-0.05, 0) is 47.5 Å². The summed E-state index contributed by atoms with van der Waals surface area (Å²) in [5.74, 6) is 0.946. The number of fused-ring (bicyclic) bond motifs is 1. The third kappa shape index (κ3) is 4.24. The largest absolute Gasteiger partial charge is 0.382 e. The van der Waals surface area contributed by atoms with Crippen molar-refractivity contribution in [3.8, 4) is 0 Å². The molecule has 1 atom stereocenters. The third-order valence-electron chi connectivity index (χ3n) is 5.24. The van der Waals surface area contributed by atoms with Gasteiger partial charge in [-0.25, -0.2) is 15.0 Å². The van der Waals surface area contributed by atoms with Crippen molar-refractivity contribution in [2.75, 3.05) is 16.4 Å². The number of nitrogens with zero attached hydrogens (tertiary/aromatic N) is 4. The number of nitrogens with one attached hydrogen (secondary N) is 2. The lowest BCUT2D eigenvalue weighted by molar-refractivity contribution is 0.821. The maximum absolute atomic E-state index is 6.15. The topological polar surface area (TPSA) is 101 Å². The monoisotopic (exact) mass is 441 g/mol. The number of nitrogen functional groups attached to an aromatic ring is 1. The van der Waals surface area contributed by atoms with Gasteiger partial charge in [0.2, 0.25) is 0 Å². The number of nitrogens with two attached hydrogens (primary N) is 1. The van der Waals surface area contributed by atoms with Crippen LogP contribution >= 0.6 is 11.6 Å². The molecular formula is C24H20ClN7. The Kier molecular flexibility index (Phi) is 5.39. The molecule has 158 valence electrons. The predicted molar refractivity (Wildman–Crippen MR) is 129 cm³/mol. The van der Waals surface area contributed by atoms with Gasteiger partial charge < -0.3 is 16.4 Å². The van der Waals surface area contributed by atoms with E-state index >= 15 is 0 Å². The molecule has 0 fully saturated rings. The predicted octanol–water partition coefficient (Wildman–Crippen LogP) is 5.53. The van der Waals surface area contributed by atoms with Crippen molar-refractivity contribution in [2.45, 2.75) is 12.5 Å². The van der Waals surface area contributed by atoms with Gasteiger partial charge in [0.1, 0.15) is 12.0 Å². The minimum absolute atomic E-state index is 0.0571. The fraction of sp³-hybridized carbons (Fsp3) is 0.0833. The molecule has 8 heteroatoms. The van der Waals surface area contributed by atoms with E-state index in [1.807, 2.05) is 54.6 Å². The van der Waals surface area contributed by atoms with Gasteiger partial charge in [-0.3, -0.25) is 4.98 Å². The fourth-order valence-electron chi connectivity index (χ4n) is 3.66. The van der Waals surface area contributed by atoms with Gasteiger partial charge in [0.25, 0.3) is 0 Å². The van der Waals surface area contributed by atoms with Crippen molar-refractivity contribution in [3.63, 3.8) is 0 Å². The first-order valence-electron chi connectivity index (χ1n) is 10.1. The number of aliphatic imine (C=N–C) groups is 1. The van der Waals surface area contributed by atoms with Gasteiger partial charge in [-0.1, -0.05) is 35.9 Å². The van der Waals surface area contributed by atoms with Crippen LogP contribution in [-0.4, -0.2) is 20.7 Å². The van der Waals surface area contributed by atoms with E-state index in [1.165, 1.54) is 6.33 Å². The van der Waals surface area contributed by atoms with Gasteiger partial charge in [-0.15, -0.1) is 0 Å². The lowest BCUT2D eigenvalue weighted by atomic mass is 9.97. The molecule has 2 aromatic carbocycles. The van der Waals surface area contributed by atoms with Crippen LogP contribution in [0.5, 0.6) is 0 Å². The van der Waals surface area contributed by atoms with Crippen LogP contribution in [0.4, 0.5) is 28.7 Å². The Morgan fingerprint density at radius 2 is 1.78 bits per heavy atom. The molecule has 0 bridgehead atoms. The molecule has 0 saturated carbocycles. The third-order valence-corrected chi connectivity index (χ3v) is 5.49. The van der Waals surface area contributed by atoms with Crippen LogP contribution in [0.1, 0.15) is 23.6 Å². The van der Waals surface area contributed by atoms with Crippen LogP contribution < -0.4 is 16.4 Å². The first kappa shape index (κ1) is 20.0. The van der Waals surface area contributed by atoms with E-state index in [1.54, 1.807) is 12.4 Å². The smallest absolute Gasteiger partial charge is 0.158 e. The average molecular weight is 442 g/mol. The van der Waals surface area contributed by atoms with Crippen LogP contribution in [0.2, 0.25) is 5.02 Å². The molecule has 32 heavy (non-hydrogen) atoms. The summed E-state index contributed by atoms with van der Waals surface area (Å²) >= 11 is 6.10. The van der Waals surface area contributed by atoms with Gasteiger partial charge >= 0.3 is 0 Å². The van der Waals surface area contributed by atoms with E-state index in [0.717, 1.165) is 28.2 Å². The Hall–Kier alpha value is -3.97. The van der Waals surface area contributed by atoms with Crippen molar-refractivity contribution < 1.29 is 0 Å². The molecule has 2 aromatic heterocycles. The fourth-order valence-corrected chi connectivity index (χ4v) is 3.78. The van der Waals surface area contributed by atoms with E-state index < -0.39 is 0 Å². The second kappa shape index (κ2) is 8.64. The standard InChI is InChI=1S/C24H20ClN7/c25-17-6-4-15(5-7-17)20-13-21(31-22-23(26)28-14-29-24(22)32-20)16-2-1-3-19(12-16)30-18-8-10-27-11-9-18/h1-12,14,20H,13H2,(H,27,30)(H3,26,28,29,32). The summed E-state index contributed by atoms with van der Waals surface area (Å²) < 4.78 is 0. The molecule has 3 heterocycles. The maximum Gasteiger partial charge on any atom is 0.158 e. The Balaban J connectivity index is 1.55. The van der Waals surface area contributed by atoms with Gasteiger partial charge in [0.15, 0.2) is 11.6 Å². The normalized spacial score (nSPS) is 15.2. The van der Waals surface area contributed by atoms with Crippen molar-refractivity contribution in [2.24, 2.45) is 4.99 Å². The quantitative estimate of drug-likeness (QED) is 0.385. The van der Waals surface area contributed by atoms with E-state index in [4.69, 9.17) is 22.3 Å². The Bertz CT molecular complexity index is 1270. The first-order chi connectivity index (χ1) is 15.7. The minimum atomic E-state index is -0.0571. The van der Waals surface area contributed by atoms with Gasteiger partial charge in [-0.2, -0.15) is 0 Å². The second-order valence-electron chi connectivity index (χ2n) is 7.41. The molecule has 4 N–H and O–H groups in total. The average Bonchev–Trinajstić information content (AvgIpc) is 3.01. The SMILES string of the molecule is Nc1ncnc2c1N=C(c1cccc(Nc3ccncc3)c1)CC(c1ccc(Cl)cc1)N2. The highest BCUT2D eigenvalue weighted by Crippen LogP contribution is 2.37. The molecule has 0 saturated heterocycles. The highest BCUT2D eigenvalue weighted by molar-refractivity contribution is 6.30. The molecular weight excluding hydrogens is 422 g/mol. The number of rotatable bonds is 4.